The summed E-state index contributed by atoms with van der Waals surface area (Å²) in [6.07, 6.45) is 12.5. The summed E-state index contributed by atoms with van der Waals surface area (Å²) >= 11 is 0. The van der Waals surface area contributed by atoms with E-state index < -0.39 is 16.1 Å². The van der Waals surface area contributed by atoms with E-state index >= 15 is 0 Å². The van der Waals surface area contributed by atoms with Crippen LogP contribution in [0.4, 0.5) is 4.79 Å². The third-order valence-corrected chi connectivity index (χ3v) is 10.5. The molecule has 236 valence electrons. The molecule has 0 bridgehead atoms. The number of hydrogen-bond acceptors (Lipinski definition) is 6. The van der Waals surface area contributed by atoms with Crippen molar-refractivity contribution in [2.75, 3.05) is 18.8 Å². The average molecular weight is 606 g/mol. The highest BCUT2D eigenvalue weighted by atomic mass is 32.2. The van der Waals surface area contributed by atoms with Gasteiger partial charge in [0.05, 0.1) is 16.9 Å². The number of nitrogens with zero attached hydrogens (tertiary/aromatic N) is 2. The first-order chi connectivity index (χ1) is 19.9. The van der Waals surface area contributed by atoms with Gasteiger partial charge in [0.15, 0.2) is 0 Å². The number of fused-ring (bicyclic) bond motifs is 1. The van der Waals surface area contributed by atoms with Gasteiger partial charge in [0.2, 0.25) is 10.0 Å². The van der Waals surface area contributed by atoms with Crippen molar-refractivity contribution in [3.05, 3.63) is 35.4 Å². The van der Waals surface area contributed by atoms with Crippen molar-refractivity contribution in [1.29, 1.82) is 0 Å². The van der Waals surface area contributed by atoms with Gasteiger partial charge in [-0.15, -0.1) is 0 Å². The van der Waals surface area contributed by atoms with Gasteiger partial charge in [0, 0.05) is 25.6 Å². The van der Waals surface area contributed by atoms with Crippen LogP contribution >= 0.6 is 0 Å². The lowest BCUT2D eigenvalue weighted by molar-refractivity contribution is 0.0248. The summed E-state index contributed by atoms with van der Waals surface area (Å²) in [5, 5.41) is 0. The van der Waals surface area contributed by atoms with Gasteiger partial charge >= 0.3 is 6.09 Å². The van der Waals surface area contributed by atoms with Crippen LogP contribution in [-0.2, 0) is 14.8 Å². The molecule has 0 aliphatic carbocycles. The first-order valence-corrected chi connectivity index (χ1v) is 17.4. The fourth-order valence-electron chi connectivity index (χ4n) is 6.18. The molecule has 1 saturated heterocycles. The number of hydrogen-bond donors (Lipinski definition) is 1. The number of benzene rings is 1. The van der Waals surface area contributed by atoms with Crippen LogP contribution in [0.25, 0.3) is 0 Å². The lowest BCUT2D eigenvalue weighted by Crippen LogP contribution is -2.54. The van der Waals surface area contributed by atoms with Crippen LogP contribution in [0, 0.1) is 5.41 Å². The van der Waals surface area contributed by atoms with Crippen LogP contribution in [0.15, 0.2) is 24.3 Å². The molecular weight excluding hydrogens is 554 g/mol. The normalized spacial score (nSPS) is 19.7. The predicted molar refractivity (Wildman–Crippen MR) is 165 cm³/mol. The molecule has 2 aliphatic heterocycles. The minimum atomic E-state index is -3.38. The Morgan fingerprint density at radius 1 is 0.857 bits per heavy atom. The minimum Gasteiger partial charge on any atom is -0.446 e. The predicted octanol–water partition coefficient (Wildman–Crippen LogP) is 6.27. The first kappa shape index (κ1) is 34.0. The Bertz CT molecular complexity index is 1130. The van der Waals surface area contributed by atoms with E-state index in [0.717, 1.165) is 38.5 Å². The lowest BCUT2D eigenvalue weighted by Gasteiger charge is -2.44. The molecule has 1 aromatic carbocycles. The SMILES string of the molecule is CC(C)(C)C1CC(OC(N)=O)CCN1S(=O)(=O)CCCCCCCCCCCCCCN1C(=O)c2ccccc2C1=O. The van der Waals surface area contributed by atoms with Crippen LogP contribution in [0.1, 0.15) is 131 Å². The number of sulfonamides is 1. The Kier molecular flexibility index (Phi) is 12.8. The Morgan fingerprint density at radius 3 is 1.81 bits per heavy atom. The highest BCUT2D eigenvalue weighted by Crippen LogP contribution is 2.35. The van der Waals surface area contributed by atoms with Gasteiger partial charge in [-0.2, -0.15) is 4.31 Å². The molecule has 10 heteroatoms. The van der Waals surface area contributed by atoms with Gasteiger partial charge in [-0.05, 0) is 36.8 Å². The zero-order valence-electron chi connectivity index (χ0n) is 25.8. The summed E-state index contributed by atoms with van der Waals surface area (Å²) in [5.41, 5.74) is 5.96. The van der Waals surface area contributed by atoms with Crippen LogP contribution in [-0.4, -0.2) is 66.5 Å². The number of ether oxygens (including phenoxy) is 1. The largest absolute Gasteiger partial charge is 0.446 e. The maximum Gasteiger partial charge on any atom is 0.404 e. The van der Waals surface area contributed by atoms with Gasteiger partial charge in [-0.25, -0.2) is 13.2 Å². The first-order valence-electron chi connectivity index (χ1n) is 15.8. The quantitative estimate of drug-likeness (QED) is 0.165. The average Bonchev–Trinajstić information content (AvgIpc) is 3.17. The van der Waals surface area contributed by atoms with E-state index in [1.807, 2.05) is 20.8 Å². The van der Waals surface area contributed by atoms with Crippen LogP contribution in [0.3, 0.4) is 0 Å². The maximum absolute atomic E-state index is 13.2. The molecule has 1 aromatic rings. The molecule has 2 unspecified atom stereocenters. The van der Waals surface area contributed by atoms with Crippen molar-refractivity contribution in [2.24, 2.45) is 11.1 Å². The molecule has 42 heavy (non-hydrogen) atoms. The van der Waals surface area contributed by atoms with Crippen molar-refractivity contribution in [3.63, 3.8) is 0 Å². The van der Waals surface area contributed by atoms with Crippen molar-refractivity contribution in [1.82, 2.24) is 9.21 Å². The van der Waals surface area contributed by atoms with Gasteiger partial charge in [-0.3, -0.25) is 14.5 Å². The number of amides is 3. The molecule has 0 spiro atoms. The molecule has 1 fully saturated rings. The summed E-state index contributed by atoms with van der Waals surface area (Å²) in [7, 11) is -3.38. The Balaban J connectivity index is 1.19. The molecule has 2 aliphatic rings. The fourth-order valence-corrected chi connectivity index (χ4v) is 8.16. The fraction of sp³-hybridized carbons (Fsp3) is 0.719. The minimum absolute atomic E-state index is 0.161. The van der Waals surface area contributed by atoms with E-state index in [1.54, 1.807) is 28.6 Å². The molecule has 2 atom stereocenters. The van der Waals surface area contributed by atoms with E-state index in [1.165, 1.54) is 37.0 Å². The summed E-state index contributed by atoms with van der Waals surface area (Å²) in [4.78, 5) is 37.4. The second-order valence-electron chi connectivity index (χ2n) is 12.9. The highest BCUT2D eigenvalue weighted by Gasteiger charge is 2.42. The summed E-state index contributed by atoms with van der Waals surface area (Å²) < 4.78 is 33.2. The number of primary amides is 1. The maximum atomic E-state index is 13.2. The van der Waals surface area contributed by atoms with E-state index in [0.29, 0.717) is 43.5 Å². The number of nitrogens with two attached hydrogens (primary N) is 1. The number of carbonyl (C=O) groups excluding carboxylic acids is 3. The third kappa shape index (κ3) is 9.79. The van der Waals surface area contributed by atoms with Crippen molar-refractivity contribution in [2.45, 2.75) is 123 Å². The smallest absolute Gasteiger partial charge is 0.404 e. The Morgan fingerprint density at radius 2 is 1.33 bits per heavy atom. The molecule has 0 saturated carbocycles. The summed E-state index contributed by atoms with van der Waals surface area (Å²) in [5.74, 6) is -0.172. The number of piperidine rings is 1. The number of carbonyl (C=O) groups is 3. The Labute approximate surface area is 252 Å². The monoisotopic (exact) mass is 605 g/mol. The zero-order chi connectivity index (χ0) is 30.8. The molecule has 0 aromatic heterocycles. The molecule has 2 N–H and O–H groups in total. The zero-order valence-corrected chi connectivity index (χ0v) is 26.6. The number of unbranched alkanes of at least 4 members (excludes halogenated alkanes) is 11. The standard InChI is InChI=1S/C32H51N3O6S/c1-32(2,3)28-24-25(41-31(33)38)20-22-35(28)42(39,40)23-17-13-11-9-7-5-4-6-8-10-12-16-21-34-29(36)26-18-14-15-19-27(26)30(34)37/h14-15,18-19,25,28H,4-13,16-17,20-24H2,1-3H3,(H2,33,38). The molecule has 2 heterocycles. The van der Waals surface area contributed by atoms with Crippen LogP contribution < -0.4 is 5.73 Å². The summed E-state index contributed by atoms with van der Waals surface area (Å²) in [6, 6.07) is 6.81. The van der Waals surface area contributed by atoms with E-state index in [9.17, 15) is 22.8 Å². The molecule has 3 amide bonds. The highest BCUT2D eigenvalue weighted by molar-refractivity contribution is 7.89. The van der Waals surface area contributed by atoms with Crippen LogP contribution in [0.5, 0.6) is 0 Å². The topological polar surface area (TPSA) is 127 Å². The van der Waals surface area contributed by atoms with Crippen molar-refractivity contribution >= 4 is 27.9 Å². The number of imide groups is 1. The molecule has 0 radical (unpaired) electrons. The van der Waals surface area contributed by atoms with Gasteiger partial charge in [0.1, 0.15) is 6.10 Å². The van der Waals surface area contributed by atoms with Gasteiger partial charge in [0.25, 0.3) is 11.8 Å². The van der Waals surface area contributed by atoms with Crippen molar-refractivity contribution in [3.8, 4) is 0 Å². The van der Waals surface area contributed by atoms with E-state index in [-0.39, 0.29) is 35.1 Å². The molecule has 3 rings (SSSR count). The Hall–Kier alpha value is -2.46. The summed E-state index contributed by atoms with van der Waals surface area (Å²) in [6.45, 7) is 6.92. The van der Waals surface area contributed by atoms with E-state index in [2.05, 4.69) is 0 Å². The lowest BCUT2D eigenvalue weighted by atomic mass is 9.81. The van der Waals surface area contributed by atoms with Gasteiger partial charge < -0.3 is 10.5 Å². The second-order valence-corrected chi connectivity index (χ2v) is 15.0. The van der Waals surface area contributed by atoms with Crippen LogP contribution in [0.2, 0.25) is 0 Å². The van der Waals surface area contributed by atoms with Crippen molar-refractivity contribution < 1.29 is 27.5 Å². The van der Waals surface area contributed by atoms with Gasteiger partial charge in [-0.1, -0.05) is 97.1 Å². The van der Waals surface area contributed by atoms with E-state index in [4.69, 9.17) is 10.5 Å². The molecular formula is C32H51N3O6S. The second kappa shape index (κ2) is 15.8. The molecule has 9 nitrogen and oxygen atoms in total. The third-order valence-electron chi connectivity index (χ3n) is 8.56. The number of rotatable bonds is 17.